The van der Waals surface area contributed by atoms with Crippen molar-refractivity contribution in [2.45, 2.75) is 18.3 Å². The van der Waals surface area contributed by atoms with Crippen molar-refractivity contribution in [1.82, 2.24) is 0 Å². The molecule has 5 nitrogen and oxygen atoms in total. The van der Waals surface area contributed by atoms with Gasteiger partial charge in [-0.2, -0.15) is 0 Å². The monoisotopic (exact) mass is 262 g/mol. The van der Waals surface area contributed by atoms with Gasteiger partial charge in [0.25, 0.3) is 0 Å². The first kappa shape index (κ1) is 13.5. The van der Waals surface area contributed by atoms with Crippen LogP contribution in [-0.2, 0) is 11.2 Å². The summed E-state index contributed by atoms with van der Waals surface area (Å²) in [5, 5.41) is 37.3. The van der Waals surface area contributed by atoms with E-state index in [1.807, 2.05) is 0 Å². The molecule has 1 aromatic carbocycles. The van der Waals surface area contributed by atoms with Crippen LogP contribution in [0.2, 0.25) is 0 Å². The number of carbonyl (C=O) groups excluding carboxylic acids is 1. The summed E-state index contributed by atoms with van der Waals surface area (Å²) in [7, 11) is 0. The second kappa shape index (κ2) is 4.97. The molecule has 0 aromatic heterocycles. The predicted molar refractivity (Wildman–Crippen MR) is 67.2 cm³/mol. The lowest BCUT2D eigenvalue weighted by Crippen LogP contribution is -2.41. The highest BCUT2D eigenvalue weighted by Crippen LogP contribution is 2.21. The van der Waals surface area contributed by atoms with Crippen molar-refractivity contribution in [1.29, 1.82) is 0 Å². The average molecular weight is 262 g/mol. The number of benzene rings is 1. The van der Waals surface area contributed by atoms with Crippen LogP contribution in [0, 0.1) is 0 Å². The normalized spacial score (nSPS) is 21.0. The number of Topliss-reactive ketones (excluding diaryl/α,β-unsaturated/α-hetero) is 1. The molecule has 2 rings (SSSR count). The van der Waals surface area contributed by atoms with Gasteiger partial charge in [0.05, 0.1) is 0 Å². The lowest BCUT2D eigenvalue weighted by molar-refractivity contribution is -0.174. The molecule has 0 saturated heterocycles. The van der Waals surface area contributed by atoms with Gasteiger partial charge in [-0.3, -0.25) is 4.79 Å². The maximum atomic E-state index is 12.0. The van der Waals surface area contributed by atoms with E-state index in [2.05, 4.69) is 0 Å². The van der Waals surface area contributed by atoms with Crippen LogP contribution in [0.5, 0.6) is 5.75 Å². The van der Waals surface area contributed by atoms with Crippen molar-refractivity contribution in [2.75, 3.05) is 0 Å². The Hall–Kier alpha value is -1.95. The highest BCUT2D eigenvalue weighted by Gasteiger charge is 2.32. The Kier molecular flexibility index (Phi) is 3.53. The molecule has 1 aliphatic carbocycles. The average Bonchev–Trinajstić information content (AvgIpc) is 2.32. The Morgan fingerprint density at radius 1 is 1.32 bits per heavy atom. The molecule has 0 radical (unpaired) electrons. The molecule has 0 heterocycles. The number of carbonyl (C=O) groups is 1. The standard InChI is InChI=1S/C14H14O5/c15-11-3-1-2-9(6-11)7-12(16)10-4-5-14(18,19)13(17)8-10/h1-6,8,13,15,17-19H,7H2. The number of aromatic hydroxyl groups is 1. The molecular weight excluding hydrogens is 248 g/mol. The van der Waals surface area contributed by atoms with Crippen molar-refractivity contribution in [3.63, 3.8) is 0 Å². The highest BCUT2D eigenvalue weighted by atomic mass is 16.5. The molecular formula is C14H14O5. The van der Waals surface area contributed by atoms with Gasteiger partial charge in [-0.1, -0.05) is 18.2 Å². The van der Waals surface area contributed by atoms with Gasteiger partial charge in [0.15, 0.2) is 5.78 Å². The zero-order valence-electron chi connectivity index (χ0n) is 10.0. The van der Waals surface area contributed by atoms with Crippen molar-refractivity contribution in [3.05, 3.63) is 53.6 Å². The van der Waals surface area contributed by atoms with E-state index in [1.54, 1.807) is 12.1 Å². The molecule has 1 aromatic rings. The molecule has 4 N–H and O–H groups in total. The fraction of sp³-hybridized carbons (Fsp3) is 0.214. The number of phenolic OH excluding ortho intramolecular Hbond substituents is 1. The maximum absolute atomic E-state index is 12.0. The van der Waals surface area contributed by atoms with Gasteiger partial charge in [-0.25, -0.2) is 0 Å². The van der Waals surface area contributed by atoms with Gasteiger partial charge >= 0.3 is 0 Å². The molecule has 0 aliphatic heterocycles. The summed E-state index contributed by atoms with van der Waals surface area (Å²) in [6.45, 7) is 0. The Labute approximate surface area is 109 Å². The Morgan fingerprint density at radius 2 is 2.05 bits per heavy atom. The van der Waals surface area contributed by atoms with Crippen molar-refractivity contribution >= 4 is 5.78 Å². The van der Waals surface area contributed by atoms with Crippen LogP contribution in [0.15, 0.2) is 48.1 Å². The first-order valence-corrected chi connectivity index (χ1v) is 5.73. The molecule has 0 fully saturated rings. The Bertz CT molecular complexity index is 557. The molecule has 0 amide bonds. The maximum Gasteiger partial charge on any atom is 0.213 e. The number of hydrogen-bond donors (Lipinski definition) is 4. The van der Waals surface area contributed by atoms with E-state index in [4.69, 9.17) is 0 Å². The smallest absolute Gasteiger partial charge is 0.213 e. The van der Waals surface area contributed by atoms with Gasteiger partial charge in [0.2, 0.25) is 5.79 Å². The highest BCUT2D eigenvalue weighted by molar-refractivity contribution is 5.99. The molecule has 0 spiro atoms. The van der Waals surface area contributed by atoms with Gasteiger partial charge in [0, 0.05) is 12.0 Å². The van der Waals surface area contributed by atoms with Gasteiger partial charge in [-0.15, -0.1) is 0 Å². The summed E-state index contributed by atoms with van der Waals surface area (Å²) in [5.74, 6) is -2.55. The summed E-state index contributed by atoms with van der Waals surface area (Å²) in [6, 6.07) is 6.31. The quantitative estimate of drug-likeness (QED) is 0.577. The number of phenols is 1. The zero-order chi connectivity index (χ0) is 14.0. The van der Waals surface area contributed by atoms with Crippen molar-refractivity contribution in [3.8, 4) is 5.75 Å². The minimum absolute atomic E-state index is 0.0567. The molecule has 0 saturated carbocycles. The summed E-state index contributed by atoms with van der Waals surface area (Å²) in [4.78, 5) is 12.0. The first-order valence-electron chi connectivity index (χ1n) is 5.73. The predicted octanol–water partition coefficient (Wildman–Crippen LogP) is 0.0418. The Balaban J connectivity index is 2.12. The summed E-state index contributed by atoms with van der Waals surface area (Å²) < 4.78 is 0. The van der Waals surface area contributed by atoms with Crippen LogP contribution < -0.4 is 0 Å². The molecule has 0 bridgehead atoms. The number of allylic oxidation sites excluding steroid dienone is 2. The first-order chi connectivity index (χ1) is 8.88. The summed E-state index contributed by atoms with van der Waals surface area (Å²) >= 11 is 0. The molecule has 5 heteroatoms. The van der Waals surface area contributed by atoms with Gasteiger partial charge < -0.3 is 20.4 Å². The van der Waals surface area contributed by atoms with Crippen LogP contribution >= 0.6 is 0 Å². The minimum atomic E-state index is -2.34. The SMILES string of the molecule is O=C(Cc1cccc(O)c1)C1=CC(O)C(O)(O)C=C1. The van der Waals surface area contributed by atoms with Crippen LogP contribution in [0.4, 0.5) is 0 Å². The second-order valence-corrected chi connectivity index (χ2v) is 4.45. The number of aliphatic hydroxyl groups is 3. The summed E-state index contributed by atoms with van der Waals surface area (Å²) in [6.07, 6.45) is 1.85. The van der Waals surface area contributed by atoms with Crippen molar-refractivity contribution in [2.24, 2.45) is 0 Å². The van der Waals surface area contributed by atoms with Gasteiger partial charge in [0.1, 0.15) is 11.9 Å². The zero-order valence-corrected chi connectivity index (χ0v) is 10.0. The number of aliphatic hydroxyl groups excluding tert-OH is 1. The molecule has 100 valence electrons. The minimum Gasteiger partial charge on any atom is -0.508 e. The van der Waals surface area contributed by atoms with E-state index in [0.717, 1.165) is 12.2 Å². The molecule has 1 unspecified atom stereocenters. The third-order valence-electron chi connectivity index (χ3n) is 2.88. The van der Waals surface area contributed by atoms with E-state index in [-0.39, 0.29) is 23.5 Å². The van der Waals surface area contributed by atoms with Crippen LogP contribution in [0.1, 0.15) is 5.56 Å². The largest absolute Gasteiger partial charge is 0.508 e. The second-order valence-electron chi connectivity index (χ2n) is 4.45. The fourth-order valence-corrected chi connectivity index (χ4v) is 1.80. The topological polar surface area (TPSA) is 98.0 Å². The molecule has 1 atom stereocenters. The van der Waals surface area contributed by atoms with Crippen LogP contribution in [0.25, 0.3) is 0 Å². The van der Waals surface area contributed by atoms with Gasteiger partial charge in [-0.05, 0) is 29.8 Å². The third kappa shape index (κ3) is 3.08. The summed E-state index contributed by atoms with van der Waals surface area (Å²) in [5.41, 5.74) is 0.841. The number of rotatable bonds is 3. The fourth-order valence-electron chi connectivity index (χ4n) is 1.80. The van der Waals surface area contributed by atoms with E-state index < -0.39 is 11.9 Å². The number of hydrogen-bond acceptors (Lipinski definition) is 5. The van der Waals surface area contributed by atoms with Crippen molar-refractivity contribution < 1.29 is 25.2 Å². The lowest BCUT2D eigenvalue weighted by Gasteiger charge is -2.25. The van der Waals surface area contributed by atoms with E-state index in [0.29, 0.717) is 5.56 Å². The Morgan fingerprint density at radius 3 is 2.68 bits per heavy atom. The molecule has 19 heavy (non-hydrogen) atoms. The van der Waals surface area contributed by atoms with E-state index in [9.17, 15) is 25.2 Å². The lowest BCUT2D eigenvalue weighted by atomic mass is 9.94. The third-order valence-corrected chi connectivity index (χ3v) is 2.88. The number of ketones is 1. The van der Waals surface area contributed by atoms with E-state index >= 15 is 0 Å². The van der Waals surface area contributed by atoms with Crippen LogP contribution in [-0.4, -0.2) is 38.1 Å². The van der Waals surface area contributed by atoms with Crippen LogP contribution in [0.3, 0.4) is 0 Å². The van der Waals surface area contributed by atoms with E-state index in [1.165, 1.54) is 18.2 Å². The molecule has 1 aliphatic rings.